The Labute approximate surface area is 110 Å². The van der Waals surface area contributed by atoms with E-state index in [1.165, 1.54) is 5.56 Å². The summed E-state index contributed by atoms with van der Waals surface area (Å²) >= 11 is 0. The molecular weight excluding hydrogens is 227 g/mol. The zero-order valence-electron chi connectivity index (χ0n) is 11.7. The van der Waals surface area contributed by atoms with E-state index in [-0.39, 0.29) is 5.82 Å². The van der Waals surface area contributed by atoms with Crippen LogP contribution in [0, 0.1) is 5.82 Å². The number of nitrogens with one attached hydrogen (secondary N) is 1. The number of nitrogens with zero attached hydrogens (tertiary/aromatic N) is 1. The van der Waals surface area contributed by atoms with E-state index in [0.29, 0.717) is 6.04 Å². The quantitative estimate of drug-likeness (QED) is 0.764. The zero-order valence-corrected chi connectivity index (χ0v) is 11.7. The molecule has 0 fully saturated rings. The standard InChI is InChI=1S/C15H25FN2/c1-4-11-17-15(10-12-18(3)5-2)13-6-8-14(16)9-7-13/h6-9,15,17H,4-5,10-12H2,1-3H3. The smallest absolute Gasteiger partial charge is 0.123 e. The van der Waals surface area contributed by atoms with Gasteiger partial charge in [0, 0.05) is 6.04 Å². The third kappa shape index (κ3) is 5.15. The Morgan fingerprint density at radius 1 is 1.22 bits per heavy atom. The van der Waals surface area contributed by atoms with E-state index in [1.54, 1.807) is 12.1 Å². The van der Waals surface area contributed by atoms with Crippen LogP contribution in [0.3, 0.4) is 0 Å². The van der Waals surface area contributed by atoms with E-state index in [2.05, 4.69) is 31.1 Å². The van der Waals surface area contributed by atoms with Crippen LogP contribution >= 0.6 is 0 Å². The third-order valence-corrected chi connectivity index (χ3v) is 3.25. The van der Waals surface area contributed by atoms with Crippen molar-refractivity contribution < 1.29 is 4.39 Å². The predicted molar refractivity (Wildman–Crippen MR) is 75.2 cm³/mol. The fourth-order valence-corrected chi connectivity index (χ4v) is 1.91. The molecule has 1 aromatic rings. The average Bonchev–Trinajstić information content (AvgIpc) is 2.40. The molecule has 1 unspecified atom stereocenters. The molecule has 0 saturated heterocycles. The molecule has 18 heavy (non-hydrogen) atoms. The van der Waals surface area contributed by atoms with Gasteiger partial charge in [0.25, 0.3) is 0 Å². The summed E-state index contributed by atoms with van der Waals surface area (Å²) in [4.78, 5) is 2.30. The maximum atomic E-state index is 12.9. The van der Waals surface area contributed by atoms with Gasteiger partial charge in [0.15, 0.2) is 0 Å². The number of hydrogen-bond donors (Lipinski definition) is 1. The molecule has 1 aromatic carbocycles. The van der Waals surface area contributed by atoms with Crippen molar-refractivity contribution in [2.75, 3.05) is 26.7 Å². The molecule has 1 N–H and O–H groups in total. The molecule has 0 spiro atoms. The Morgan fingerprint density at radius 3 is 2.44 bits per heavy atom. The molecule has 0 aromatic heterocycles. The Morgan fingerprint density at radius 2 is 1.89 bits per heavy atom. The van der Waals surface area contributed by atoms with Crippen LogP contribution in [0.5, 0.6) is 0 Å². The monoisotopic (exact) mass is 252 g/mol. The van der Waals surface area contributed by atoms with Crippen LogP contribution in [0.25, 0.3) is 0 Å². The van der Waals surface area contributed by atoms with E-state index in [1.807, 2.05) is 12.1 Å². The van der Waals surface area contributed by atoms with Crippen molar-refractivity contribution in [3.05, 3.63) is 35.6 Å². The number of benzene rings is 1. The highest BCUT2D eigenvalue weighted by molar-refractivity contribution is 5.19. The summed E-state index contributed by atoms with van der Waals surface area (Å²) in [5, 5.41) is 3.54. The Bertz CT molecular complexity index is 324. The SMILES string of the molecule is CCCNC(CCN(C)CC)c1ccc(F)cc1. The molecule has 102 valence electrons. The first kappa shape index (κ1) is 15.1. The lowest BCUT2D eigenvalue weighted by Gasteiger charge is -2.22. The molecule has 0 aliphatic heterocycles. The highest BCUT2D eigenvalue weighted by atomic mass is 19.1. The van der Waals surface area contributed by atoms with Crippen molar-refractivity contribution in [1.82, 2.24) is 10.2 Å². The summed E-state index contributed by atoms with van der Waals surface area (Å²) in [7, 11) is 2.13. The fourth-order valence-electron chi connectivity index (χ4n) is 1.91. The largest absolute Gasteiger partial charge is 0.310 e. The van der Waals surface area contributed by atoms with Gasteiger partial charge in [0.2, 0.25) is 0 Å². The summed E-state index contributed by atoms with van der Waals surface area (Å²) in [5.74, 6) is -0.168. The summed E-state index contributed by atoms with van der Waals surface area (Å²) in [6.07, 6.45) is 2.16. The van der Waals surface area contributed by atoms with E-state index in [0.717, 1.165) is 32.5 Å². The Kier molecular flexibility index (Phi) is 6.91. The first-order valence-corrected chi connectivity index (χ1v) is 6.84. The van der Waals surface area contributed by atoms with Crippen molar-refractivity contribution in [2.24, 2.45) is 0 Å². The van der Waals surface area contributed by atoms with E-state index < -0.39 is 0 Å². The molecule has 1 atom stereocenters. The van der Waals surface area contributed by atoms with Crippen molar-refractivity contribution in [2.45, 2.75) is 32.7 Å². The summed E-state index contributed by atoms with van der Waals surface area (Å²) < 4.78 is 12.9. The summed E-state index contributed by atoms with van der Waals surface area (Å²) in [6, 6.07) is 7.17. The molecule has 2 nitrogen and oxygen atoms in total. The van der Waals surface area contributed by atoms with Crippen molar-refractivity contribution in [3.8, 4) is 0 Å². The molecule has 1 rings (SSSR count). The number of rotatable bonds is 8. The van der Waals surface area contributed by atoms with Crippen molar-refractivity contribution in [3.63, 3.8) is 0 Å². The second kappa shape index (κ2) is 8.22. The van der Waals surface area contributed by atoms with Gasteiger partial charge in [-0.15, -0.1) is 0 Å². The molecule has 0 bridgehead atoms. The van der Waals surface area contributed by atoms with Crippen LogP contribution in [-0.2, 0) is 0 Å². The predicted octanol–water partition coefficient (Wildman–Crippen LogP) is 3.21. The first-order chi connectivity index (χ1) is 8.67. The highest BCUT2D eigenvalue weighted by Gasteiger charge is 2.11. The molecule has 3 heteroatoms. The molecular formula is C15H25FN2. The lowest BCUT2D eigenvalue weighted by molar-refractivity contribution is 0.321. The summed E-state index contributed by atoms with van der Waals surface area (Å²) in [6.45, 7) is 7.43. The van der Waals surface area contributed by atoms with Crippen LogP contribution in [0.15, 0.2) is 24.3 Å². The van der Waals surface area contributed by atoms with Gasteiger partial charge in [-0.1, -0.05) is 26.0 Å². The van der Waals surface area contributed by atoms with Crippen LogP contribution in [-0.4, -0.2) is 31.6 Å². The summed E-state index contributed by atoms with van der Waals surface area (Å²) in [5.41, 5.74) is 1.18. The lowest BCUT2D eigenvalue weighted by Crippen LogP contribution is -2.27. The van der Waals surface area contributed by atoms with Gasteiger partial charge >= 0.3 is 0 Å². The Hall–Kier alpha value is -0.930. The minimum Gasteiger partial charge on any atom is -0.310 e. The van der Waals surface area contributed by atoms with Gasteiger partial charge in [-0.2, -0.15) is 0 Å². The van der Waals surface area contributed by atoms with Crippen LogP contribution in [0.4, 0.5) is 4.39 Å². The van der Waals surface area contributed by atoms with Gasteiger partial charge in [-0.25, -0.2) is 4.39 Å². The van der Waals surface area contributed by atoms with Crippen molar-refractivity contribution in [1.29, 1.82) is 0 Å². The van der Waals surface area contributed by atoms with Gasteiger partial charge in [0.1, 0.15) is 5.82 Å². The number of halogens is 1. The van der Waals surface area contributed by atoms with Gasteiger partial charge in [-0.3, -0.25) is 0 Å². The minimum absolute atomic E-state index is 0.168. The van der Waals surface area contributed by atoms with Gasteiger partial charge in [-0.05, 0) is 57.2 Å². The third-order valence-electron chi connectivity index (χ3n) is 3.25. The van der Waals surface area contributed by atoms with Gasteiger partial charge in [0.05, 0.1) is 0 Å². The molecule has 0 amide bonds. The maximum absolute atomic E-state index is 12.9. The zero-order chi connectivity index (χ0) is 13.4. The normalized spacial score (nSPS) is 12.9. The minimum atomic E-state index is -0.168. The van der Waals surface area contributed by atoms with Crippen LogP contribution in [0.1, 0.15) is 38.3 Å². The first-order valence-electron chi connectivity index (χ1n) is 6.84. The molecule has 0 radical (unpaired) electrons. The molecule has 0 heterocycles. The fraction of sp³-hybridized carbons (Fsp3) is 0.600. The van der Waals surface area contributed by atoms with Crippen molar-refractivity contribution >= 4 is 0 Å². The lowest BCUT2D eigenvalue weighted by atomic mass is 10.0. The van der Waals surface area contributed by atoms with Crippen LogP contribution < -0.4 is 5.32 Å². The van der Waals surface area contributed by atoms with E-state index >= 15 is 0 Å². The van der Waals surface area contributed by atoms with E-state index in [9.17, 15) is 4.39 Å². The second-order valence-corrected chi connectivity index (χ2v) is 4.74. The molecule has 0 aliphatic carbocycles. The van der Waals surface area contributed by atoms with E-state index in [4.69, 9.17) is 0 Å². The van der Waals surface area contributed by atoms with Crippen LogP contribution in [0.2, 0.25) is 0 Å². The Balaban J connectivity index is 2.62. The molecule has 0 saturated carbocycles. The second-order valence-electron chi connectivity index (χ2n) is 4.74. The average molecular weight is 252 g/mol. The van der Waals surface area contributed by atoms with Gasteiger partial charge < -0.3 is 10.2 Å². The maximum Gasteiger partial charge on any atom is 0.123 e. The highest BCUT2D eigenvalue weighted by Crippen LogP contribution is 2.17. The molecule has 0 aliphatic rings. The topological polar surface area (TPSA) is 15.3 Å². The number of hydrogen-bond acceptors (Lipinski definition) is 2.